The highest BCUT2D eigenvalue weighted by Gasteiger charge is 2.35. The van der Waals surface area contributed by atoms with Gasteiger partial charge < -0.3 is 10.2 Å². The molecule has 2 rings (SSSR count). The minimum absolute atomic E-state index is 0.143. The zero-order valence-electron chi connectivity index (χ0n) is 12.3. The highest BCUT2D eigenvalue weighted by atomic mass is 19.4. The molecule has 1 aromatic heterocycles. The summed E-state index contributed by atoms with van der Waals surface area (Å²) in [5.41, 5.74) is 0.222. The second-order valence-electron chi connectivity index (χ2n) is 4.94. The average Bonchev–Trinajstić information content (AvgIpc) is 2.79. The number of hydrogen-bond acceptors (Lipinski definition) is 3. The van der Waals surface area contributed by atoms with Crippen molar-refractivity contribution in [2.24, 2.45) is 7.05 Å². The molecule has 8 heteroatoms. The minimum Gasteiger partial charge on any atom is -0.378 e. The third kappa shape index (κ3) is 3.38. The van der Waals surface area contributed by atoms with Crippen LogP contribution in [0.2, 0.25) is 0 Å². The lowest BCUT2D eigenvalue weighted by Gasteiger charge is -2.13. The van der Waals surface area contributed by atoms with Crippen LogP contribution < -0.4 is 10.2 Å². The van der Waals surface area contributed by atoms with E-state index in [1.165, 1.54) is 7.05 Å². The predicted octanol–water partition coefficient (Wildman–Crippen LogP) is 2.76. The van der Waals surface area contributed by atoms with Gasteiger partial charge in [-0.3, -0.25) is 9.48 Å². The number of carbonyl (C=O) groups is 1. The fraction of sp³-hybridized carbons (Fsp3) is 0.286. The summed E-state index contributed by atoms with van der Waals surface area (Å²) < 4.78 is 38.7. The Labute approximate surface area is 125 Å². The zero-order valence-corrected chi connectivity index (χ0v) is 12.3. The van der Waals surface area contributed by atoms with E-state index >= 15 is 0 Å². The number of hydrogen-bond donors (Lipinski definition) is 1. The molecular weight excluding hydrogens is 297 g/mol. The van der Waals surface area contributed by atoms with Crippen LogP contribution in [0.25, 0.3) is 0 Å². The molecular formula is C14H15F3N4O. The molecule has 118 valence electrons. The van der Waals surface area contributed by atoms with Crippen molar-refractivity contribution in [1.82, 2.24) is 9.78 Å². The lowest BCUT2D eigenvalue weighted by atomic mass is 10.2. The first kappa shape index (κ1) is 15.9. The number of aryl methyl sites for hydroxylation is 1. The molecule has 1 aromatic carbocycles. The van der Waals surface area contributed by atoms with E-state index in [1.54, 1.807) is 18.2 Å². The van der Waals surface area contributed by atoms with Crippen molar-refractivity contribution < 1.29 is 18.0 Å². The molecule has 0 aliphatic rings. The maximum absolute atomic E-state index is 12.7. The molecule has 0 radical (unpaired) electrons. The van der Waals surface area contributed by atoms with E-state index in [2.05, 4.69) is 10.4 Å². The van der Waals surface area contributed by atoms with Crippen LogP contribution in [-0.4, -0.2) is 29.8 Å². The van der Waals surface area contributed by atoms with Gasteiger partial charge in [0.05, 0.1) is 0 Å². The lowest BCUT2D eigenvalue weighted by molar-refractivity contribution is -0.143. The molecule has 22 heavy (non-hydrogen) atoms. The fourth-order valence-corrected chi connectivity index (χ4v) is 1.91. The average molecular weight is 312 g/mol. The van der Waals surface area contributed by atoms with Gasteiger partial charge in [0.1, 0.15) is 5.69 Å². The summed E-state index contributed by atoms with van der Waals surface area (Å²) in [5, 5.41) is 6.02. The summed E-state index contributed by atoms with van der Waals surface area (Å²) in [6.45, 7) is 0. The molecule has 1 N–H and O–H groups in total. The van der Waals surface area contributed by atoms with Crippen LogP contribution in [0.4, 0.5) is 24.7 Å². The van der Waals surface area contributed by atoms with Gasteiger partial charge >= 0.3 is 6.18 Å². The Kier molecular flexibility index (Phi) is 4.11. The molecule has 1 heterocycles. The largest absolute Gasteiger partial charge is 0.433 e. The smallest absolute Gasteiger partial charge is 0.378 e. The van der Waals surface area contributed by atoms with E-state index < -0.39 is 17.8 Å². The lowest BCUT2D eigenvalue weighted by Crippen LogP contribution is -2.14. The summed E-state index contributed by atoms with van der Waals surface area (Å²) in [4.78, 5) is 13.9. The van der Waals surface area contributed by atoms with Crippen molar-refractivity contribution in [3.8, 4) is 0 Å². The molecule has 0 aliphatic heterocycles. The van der Waals surface area contributed by atoms with Crippen LogP contribution in [0.3, 0.4) is 0 Å². The third-order valence-corrected chi connectivity index (χ3v) is 3.04. The number of halogens is 3. The van der Waals surface area contributed by atoms with Crippen molar-refractivity contribution in [3.05, 3.63) is 41.6 Å². The molecule has 0 fully saturated rings. The molecule has 0 bridgehead atoms. The highest BCUT2D eigenvalue weighted by Crippen LogP contribution is 2.30. The van der Waals surface area contributed by atoms with Gasteiger partial charge in [0.25, 0.3) is 5.91 Å². The summed E-state index contributed by atoms with van der Waals surface area (Å²) in [7, 11) is 4.82. The summed E-state index contributed by atoms with van der Waals surface area (Å²) >= 11 is 0. The van der Waals surface area contributed by atoms with E-state index in [0.717, 1.165) is 11.8 Å². The molecule has 0 saturated heterocycles. The number of nitrogens with zero attached hydrogens (tertiary/aromatic N) is 3. The van der Waals surface area contributed by atoms with Gasteiger partial charge in [-0.1, -0.05) is 6.07 Å². The molecule has 0 atom stereocenters. The van der Waals surface area contributed by atoms with Crippen molar-refractivity contribution >= 4 is 17.4 Å². The number of carbonyl (C=O) groups excluding carboxylic acids is 1. The van der Waals surface area contributed by atoms with Crippen LogP contribution in [0, 0.1) is 0 Å². The van der Waals surface area contributed by atoms with Gasteiger partial charge in [-0.2, -0.15) is 18.3 Å². The van der Waals surface area contributed by atoms with Crippen molar-refractivity contribution in [1.29, 1.82) is 0 Å². The number of rotatable bonds is 3. The number of nitrogens with one attached hydrogen (secondary N) is 1. The Bertz CT molecular complexity index is 692. The van der Waals surface area contributed by atoms with E-state index in [4.69, 9.17) is 0 Å². The van der Waals surface area contributed by atoms with Gasteiger partial charge in [0, 0.05) is 38.5 Å². The topological polar surface area (TPSA) is 50.2 Å². The van der Waals surface area contributed by atoms with E-state index in [0.29, 0.717) is 10.2 Å². The van der Waals surface area contributed by atoms with Crippen molar-refractivity contribution in [3.63, 3.8) is 0 Å². The Morgan fingerprint density at radius 1 is 1.27 bits per heavy atom. The molecule has 0 unspecified atom stereocenters. The Morgan fingerprint density at radius 3 is 2.50 bits per heavy atom. The molecule has 0 aliphatic carbocycles. The first-order valence-electron chi connectivity index (χ1n) is 6.38. The number of amides is 1. The van der Waals surface area contributed by atoms with Crippen LogP contribution in [0.1, 0.15) is 16.1 Å². The standard InChI is InChI=1S/C14H15F3N4O/c1-20(2)10-6-4-5-9(7-10)13(22)18-12-8-11(14(15,16)17)21(3)19-12/h4-8H,1-3H3,(H,18,19,22). The monoisotopic (exact) mass is 312 g/mol. The molecule has 0 saturated carbocycles. The van der Waals surface area contributed by atoms with Crippen LogP contribution >= 0.6 is 0 Å². The van der Waals surface area contributed by atoms with Gasteiger partial charge in [-0.15, -0.1) is 0 Å². The van der Waals surface area contributed by atoms with Crippen molar-refractivity contribution in [2.45, 2.75) is 6.18 Å². The van der Waals surface area contributed by atoms with Gasteiger partial charge in [0.2, 0.25) is 0 Å². The third-order valence-electron chi connectivity index (χ3n) is 3.04. The molecule has 2 aromatic rings. The van der Waals surface area contributed by atoms with Crippen LogP contribution in [-0.2, 0) is 13.2 Å². The highest BCUT2D eigenvalue weighted by molar-refractivity contribution is 6.04. The van der Waals surface area contributed by atoms with Crippen LogP contribution in [0.15, 0.2) is 30.3 Å². The number of aromatic nitrogens is 2. The predicted molar refractivity (Wildman–Crippen MR) is 76.9 cm³/mol. The van der Waals surface area contributed by atoms with Gasteiger partial charge in [0.15, 0.2) is 5.82 Å². The number of anilines is 2. The van der Waals surface area contributed by atoms with E-state index in [1.807, 2.05) is 25.1 Å². The second kappa shape index (κ2) is 5.70. The van der Waals surface area contributed by atoms with Gasteiger partial charge in [-0.25, -0.2) is 0 Å². The molecule has 5 nitrogen and oxygen atoms in total. The first-order valence-corrected chi connectivity index (χ1v) is 6.38. The summed E-state index contributed by atoms with van der Waals surface area (Å²) in [6.07, 6.45) is -4.52. The Morgan fingerprint density at radius 2 is 1.95 bits per heavy atom. The molecule has 1 amide bonds. The number of alkyl halides is 3. The zero-order chi connectivity index (χ0) is 16.5. The van der Waals surface area contributed by atoms with Crippen LogP contribution in [0.5, 0.6) is 0 Å². The minimum atomic E-state index is -4.52. The number of benzene rings is 1. The SMILES string of the molecule is CN(C)c1cccc(C(=O)Nc2cc(C(F)(F)F)n(C)n2)c1. The van der Waals surface area contributed by atoms with Crippen molar-refractivity contribution in [2.75, 3.05) is 24.3 Å². The normalized spacial score (nSPS) is 11.4. The first-order chi connectivity index (χ1) is 10.2. The summed E-state index contributed by atoms with van der Waals surface area (Å²) in [5.74, 6) is -0.661. The quantitative estimate of drug-likeness (QED) is 0.948. The Balaban J connectivity index is 2.21. The second-order valence-corrected chi connectivity index (χ2v) is 4.94. The summed E-state index contributed by atoms with van der Waals surface area (Å²) in [6, 6.07) is 7.54. The fourth-order valence-electron chi connectivity index (χ4n) is 1.91. The van der Waals surface area contributed by atoms with E-state index in [9.17, 15) is 18.0 Å². The van der Waals surface area contributed by atoms with E-state index in [-0.39, 0.29) is 5.82 Å². The Hall–Kier alpha value is -2.51. The maximum atomic E-state index is 12.7. The molecule has 0 spiro atoms. The van der Waals surface area contributed by atoms with Gasteiger partial charge in [-0.05, 0) is 18.2 Å². The maximum Gasteiger partial charge on any atom is 0.433 e.